The molecule has 0 unspecified atom stereocenters. The molecule has 0 aromatic rings. The summed E-state index contributed by atoms with van der Waals surface area (Å²) in [5, 5.41) is 7.05. The highest BCUT2D eigenvalue weighted by atomic mass is 127. The van der Waals surface area contributed by atoms with Gasteiger partial charge in [0.2, 0.25) is 5.91 Å². The van der Waals surface area contributed by atoms with Gasteiger partial charge in [-0.3, -0.25) is 9.79 Å². The quantitative estimate of drug-likeness (QED) is 0.381. The number of aliphatic imine (C=N–C) groups is 1. The Morgan fingerprint density at radius 3 is 2.08 bits per heavy atom. The molecule has 1 saturated heterocycles. The molecule has 1 heterocycles. The van der Waals surface area contributed by atoms with Crippen LogP contribution in [0.5, 0.6) is 0 Å². The molecule has 5 nitrogen and oxygen atoms in total. The second kappa shape index (κ2) is 10.1. The van der Waals surface area contributed by atoms with Crippen LogP contribution < -0.4 is 10.6 Å². The first kappa shape index (κ1) is 20.1. The van der Waals surface area contributed by atoms with Crippen LogP contribution >= 0.6 is 35.7 Å². The van der Waals surface area contributed by atoms with Crippen LogP contribution in [0.2, 0.25) is 0 Å². The van der Waals surface area contributed by atoms with Crippen molar-refractivity contribution < 1.29 is 4.79 Å². The normalized spacial score (nSPS) is 28.5. The average molecular weight is 466 g/mol. The Balaban J connectivity index is 0.00000208. The first-order valence-electron chi connectivity index (χ1n) is 9.12. The van der Waals surface area contributed by atoms with Crippen LogP contribution in [0.4, 0.5) is 0 Å². The van der Waals surface area contributed by atoms with Gasteiger partial charge in [0.25, 0.3) is 0 Å². The van der Waals surface area contributed by atoms with Gasteiger partial charge in [0, 0.05) is 49.6 Å². The minimum atomic E-state index is 0. The van der Waals surface area contributed by atoms with Crippen LogP contribution in [0.3, 0.4) is 0 Å². The smallest absolute Gasteiger partial charge is 0.225 e. The number of carbonyl (C=O) groups is 1. The predicted octanol–water partition coefficient (Wildman–Crippen LogP) is 2.46. The number of amides is 1. The number of guanidine groups is 1. The molecule has 7 heteroatoms. The van der Waals surface area contributed by atoms with E-state index in [1.54, 1.807) is 0 Å². The summed E-state index contributed by atoms with van der Waals surface area (Å²) in [6, 6.07) is 1.07. The number of nitrogens with zero attached hydrogens (tertiary/aromatic N) is 2. The first-order valence-corrected chi connectivity index (χ1v) is 10.3. The monoisotopic (exact) mass is 466 g/mol. The maximum absolute atomic E-state index is 12.6. The standard InChI is InChI=1S/C17H30N4OS.HI/c1-18-17(19-14-3-2-4-14)20-15-7-5-13(6-8-15)16(22)21-9-11-23-12-10-21;/h13-15H,2-12H2,1H3,(H2,18,19,20);1H. The maximum atomic E-state index is 12.6. The van der Waals surface area contributed by atoms with E-state index in [1.165, 1.54) is 19.3 Å². The van der Waals surface area contributed by atoms with E-state index in [0.717, 1.165) is 56.2 Å². The summed E-state index contributed by atoms with van der Waals surface area (Å²) in [6.45, 7) is 1.89. The molecule has 0 aromatic carbocycles. The van der Waals surface area contributed by atoms with Crippen LogP contribution in [-0.2, 0) is 4.79 Å². The van der Waals surface area contributed by atoms with Crippen molar-refractivity contribution in [2.75, 3.05) is 31.6 Å². The molecule has 3 aliphatic rings. The van der Waals surface area contributed by atoms with Crippen LogP contribution in [0.1, 0.15) is 44.9 Å². The summed E-state index contributed by atoms with van der Waals surface area (Å²) < 4.78 is 0. The second-order valence-corrected chi connectivity index (χ2v) is 8.20. The third kappa shape index (κ3) is 5.41. The average Bonchev–Trinajstić information content (AvgIpc) is 2.57. The van der Waals surface area contributed by atoms with E-state index in [-0.39, 0.29) is 29.9 Å². The van der Waals surface area contributed by atoms with Gasteiger partial charge >= 0.3 is 0 Å². The van der Waals surface area contributed by atoms with Gasteiger partial charge in [-0.05, 0) is 44.9 Å². The lowest BCUT2D eigenvalue weighted by Crippen LogP contribution is -2.51. The van der Waals surface area contributed by atoms with Crippen molar-refractivity contribution in [1.82, 2.24) is 15.5 Å². The molecule has 0 atom stereocenters. The van der Waals surface area contributed by atoms with Gasteiger partial charge in [-0.2, -0.15) is 11.8 Å². The van der Waals surface area contributed by atoms with Crippen LogP contribution in [0.25, 0.3) is 0 Å². The summed E-state index contributed by atoms with van der Waals surface area (Å²) in [7, 11) is 1.84. The van der Waals surface area contributed by atoms with Gasteiger partial charge < -0.3 is 15.5 Å². The molecule has 3 rings (SSSR count). The molecule has 1 aliphatic heterocycles. The largest absolute Gasteiger partial charge is 0.354 e. The number of thioether (sulfide) groups is 1. The molecule has 3 fully saturated rings. The zero-order valence-electron chi connectivity index (χ0n) is 14.6. The van der Waals surface area contributed by atoms with E-state index < -0.39 is 0 Å². The van der Waals surface area contributed by atoms with Crippen molar-refractivity contribution in [3.05, 3.63) is 0 Å². The Morgan fingerprint density at radius 2 is 1.58 bits per heavy atom. The Bertz CT molecular complexity index is 430. The van der Waals surface area contributed by atoms with E-state index in [2.05, 4.69) is 20.5 Å². The van der Waals surface area contributed by atoms with Gasteiger partial charge in [0.05, 0.1) is 0 Å². The molecule has 0 spiro atoms. The van der Waals surface area contributed by atoms with E-state index in [4.69, 9.17) is 0 Å². The highest BCUT2D eigenvalue weighted by Gasteiger charge is 2.30. The predicted molar refractivity (Wildman–Crippen MR) is 112 cm³/mol. The highest BCUT2D eigenvalue weighted by Crippen LogP contribution is 2.27. The molecule has 0 radical (unpaired) electrons. The minimum absolute atomic E-state index is 0. The summed E-state index contributed by atoms with van der Waals surface area (Å²) in [4.78, 5) is 19.0. The molecule has 1 amide bonds. The van der Waals surface area contributed by atoms with Gasteiger partial charge in [0.1, 0.15) is 0 Å². The molecular formula is C17H31IN4OS. The lowest BCUT2D eigenvalue weighted by molar-refractivity contribution is -0.136. The second-order valence-electron chi connectivity index (χ2n) is 6.97. The lowest BCUT2D eigenvalue weighted by atomic mass is 9.85. The fourth-order valence-electron chi connectivity index (χ4n) is 3.64. The van der Waals surface area contributed by atoms with Crippen LogP contribution in [0.15, 0.2) is 4.99 Å². The Hall–Kier alpha value is -0.180. The van der Waals surface area contributed by atoms with E-state index >= 15 is 0 Å². The van der Waals surface area contributed by atoms with Gasteiger partial charge in [-0.25, -0.2) is 0 Å². The zero-order valence-corrected chi connectivity index (χ0v) is 17.8. The van der Waals surface area contributed by atoms with Crippen molar-refractivity contribution in [2.45, 2.75) is 57.0 Å². The van der Waals surface area contributed by atoms with E-state index in [0.29, 0.717) is 18.0 Å². The molecule has 24 heavy (non-hydrogen) atoms. The summed E-state index contributed by atoms with van der Waals surface area (Å²) in [5.41, 5.74) is 0. The Labute approximate surface area is 167 Å². The van der Waals surface area contributed by atoms with Crippen molar-refractivity contribution in [3.63, 3.8) is 0 Å². The molecule has 0 bridgehead atoms. The zero-order chi connectivity index (χ0) is 16.1. The molecule has 138 valence electrons. The fraction of sp³-hybridized carbons (Fsp3) is 0.882. The number of nitrogens with one attached hydrogen (secondary N) is 2. The lowest BCUT2D eigenvalue weighted by Gasteiger charge is -2.35. The van der Waals surface area contributed by atoms with Gasteiger partial charge in [0.15, 0.2) is 5.96 Å². The number of hydrogen-bond acceptors (Lipinski definition) is 3. The van der Waals surface area contributed by atoms with Crippen molar-refractivity contribution in [2.24, 2.45) is 10.9 Å². The number of rotatable bonds is 3. The number of halogens is 1. The van der Waals surface area contributed by atoms with Crippen molar-refractivity contribution in [3.8, 4) is 0 Å². The summed E-state index contributed by atoms with van der Waals surface area (Å²) in [5.74, 6) is 3.80. The molecule has 2 saturated carbocycles. The molecule has 2 N–H and O–H groups in total. The third-order valence-electron chi connectivity index (χ3n) is 5.41. The minimum Gasteiger partial charge on any atom is -0.354 e. The maximum Gasteiger partial charge on any atom is 0.225 e. The van der Waals surface area contributed by atoms with Gasteiger partial charge in [-0.15, -0.1) is 24.0 Å². The third-order valence-corrected chi connectivity index (χ3v) is 6.35. The van der Waals surface area contributed by atoms with E-state index in [1.807, 2.05) is 18.8 Å². The highest BCUT2D eigenvalue weighted by molar-refractivity contribution is 14.0. The number of hydrogen-bond donors (Lipinski definition) is 2. The molecule has 2 aliphatic carbocycles. The van der Waals surface area contributed by atoms with Crippen molar-refractivity contribution in [1.29, 1.82) is 0 Å². The van der Waals surface area contributed by atoms with E-state index in [9.17, 15) is 4.79 Å². The molecule has 0 aromatic heterocycles. The van der Waals surface area contributed by atoms with Crippen LogP contribution in [0, 0.1) is 5.92 Å². The summed E-state index contributed by atoms with van der Waals surface area (Å²) >= 11 is 1.96. The van der Waals surface area contributed by atoms with Crippen LogP contribution in [-0.4, -0.2) is 60.5 Å². The Morgan fingerprint density at radius 1 is 1.00 bits per heavy atom. The SMILES string of the molecule is CN=C(NC1CCC1)NC1CCC(C(=O)N2CCSCC2)CC1.I. The Kier molecular flexibility index (Phi) is 8.46. The fourth-order valence-corrected chi connectivity index (χ4v) is 4.54. The number of carbonyl (C=O) groups excluding carboxylic acids is 1. The van der Waals surface area contributed by atoms with Gasteiger partial charge in [-0.1, -0.05) is 0 Å². The topological polar surface area (TPSA) is 56.7 Å². The first-order chi connectivity index (χ1) is 11.3. The van der Waals surface area contributed by atoms with Crippen molar-refractivity contribution >= 4 is 47.6 Å². The summed E-state index contributed by atoms with van der Waals surface area (Å²) in [6.07, 6.45) is 8.03. The molecular weight excluding hydrogens is 435 g/mol.